The van der Waals surface area contributed by atoms with Crippen molar-refractivity contribution in [3.8, 4) is 0 Å². The molecule has 0 radical (unpaired) electrons. The molecular formula is C13H22N2O3S. The molecule has 19 heavy (non-hydrogen) atoms. The van der Waals surface area contributed by atoms with Gasteiger partial charge in [-0.3, -0.25) is 4.79 Å². The predicted molar refractivity (Wildman–Crippen MR) is 75.2 cm³/mol. The topological polar surface area (TPSA) is 67.4 Å². The number of ether oxygens (including phenoxy) is 1. The van der Waals surface area contributed by atoms with Crippen LogP contribution in [0, 0.1) is 0 Å². The van der Waals surface area contributed by atoms with Gasteiger partial charge >= 0.3 is 12.0 Å². The Labute approximate surface area is 118 Å². The number of urea groups is 1. The highest BCUT2D eigenvalue weighted by Crippen LogP contribution is 2.33. The zero-order valence-electron chi connectivity index (χ0n) is 11.5. The highest BCUT2D eigenvalue weighted by atomic mass is 32.2. The van der Waals surface area contributed by atoms with Crippen LogP contribution in [0.2, 0.25) is 0 Å². The van der Waals surface area contributed by atoms with E-state index in [1.54, 1.807) is 0 Å². The van der Waals surface area contributed by atoms with Gasteiger partial charge in [-0.25, -0.2) is 4.79 Å². The molecule has 3 atom stereocenters. The second kappa shape index (κ2) is 6.50. The number of rotatable bonds is 6. The first-order valence-corrected chi connectivity index (χ1v) is 7.99. The minimum Gasteiger partial charge on any atom is -0.463 e. The maximum absolute atomic E-state index is 11.4. The molecule has 2 rings (SSSR count). The fraction of sp³-hybridized carbons (Fsp3) is 0.846. The van der Waals surface area contributed by atoms with E-state index in [9.17, 15) is 9.59 Å². The van der Waals surface area contributed by atoms with Crippen LogP contribution >= 0.6 is 11.8 Å². The molecule has 108 valence electrons. The molecule has 2 saturated heterocycles. The Bertz CT molecular complexity index is 349. The molecule has 2 N–H and O–H groups in total. The van der Waals surface area contributed by atoms with Crippen molar-refractivity contribution in [2.45, 2.75) is 63.0 Å². The lowest BCUT2D eigenvalue weighted by molar-refractivity contribution is -0.147. The Balaban J connectivity index is 1.61. The van der Waals surface area contributed by atoms with E-state index in [1.807, 2.05) is 25.6 Å². The first kappa shape index (κ1) is 14.5. The second-order valence-electron chi connectivity index (χ2n) is 5.41. The molecule has 0 aromatic rings. The smallest absolute Gasteiger partial charge is 0.315 e. The van der Waals surface area contributed by atoms with Gasteiger partial charge in [-0.2, -0.15) is 11.8 Å². The standard InChI is InChI=1S/C13H22N2O3S/c1-8(2)18-11(16)6-4-3-5-10-12-9(7-19-10)14-13(17)15-12/h8-10,12H,3-7H2,1-2H3,(H2,14,15,17)/t9-,10-,12-/m0/s1. The van der Waals surface area contributed by atoms with Gasteiger partial charge in [0.1, 0.15) is 0 Å². The molecule has 0 aliphatic carbocycles. The van der Waals surface area contributed by atoms with E-state index in [0.29, 0.717) is 11.7 Å². The van der Waals surface area contributed by atoms with Gasteiger partial charge in [0.05, 0.1) is 18.2 Å². The quantitative estimate of drug-likeness (QED) is 0.443. The van der Waals surface area contributed by atoms with Crippen LogP contribution in [0.5, 0.6) is 0 Å². The molecule has 0 bridgehead atoms. The minimum absolute atomic E-state index is 0.0292. The van der Waals surface area contributed by atoms with E-state index < -0.39 is 0 Å². The SMILES string of the molecule is CC(C)OC(=O)CCCC[C@@H]1SC[C@@H]2NC(=O)N[C@@H]21. The predicted octanol–water partition coefficient (Wildman–Crippen LogP) is 1.66. The summed E-state index contributed by atoms with van der Waals surface area (Å²) >= 11 is 1.91. The third-order valence-corrected chi connectivity index (χ3v) is 4.93. The van der Waals surface area contributed by atoms with Gasteiger partial charge in [0, 0.05) is 17.4 Å². The summed E-state index contributed by atoms with van der Waals surface area (Å²) in [6.45, 7) is 3.73. The van der Waals surface area contributed by atoms with E-state index in [2.05, 4.69) is 10.6 Å². The van der Waals surface area contributed by atoms with Crippen LogP contribution in [-0.2, 0) is 9.53 Å². The summed E-state index contributed by atoms with van der Waals surface area (Å²) < 4.78 is 5.09. The zero-order valence-corrected chi connectivity index (χ0v) is 12.3. The molecule has 2 heterocycles. The van der Waals surface area contributed by atoms with Crippen molar-refractivity contribution < 1.29 is 14.3 Å². The van der Waals surface area contributed by atoms with E-state index in [-0.39, 0.29) is 30.2 Å². The number of thioether (sulfide) groups is 1. The maximum Gasteiger partial charge on any atom is 0.315 e. The molecule has 2 aliphatic rings. The minimum atomic E-state index is -0.109. The third-order valence-electron chi connectivity index (χ3n) is 3.42. The van der Waals surface area contributed by atoms with Crippen molar-refractivity contribution in [3.63, 3.8) is 0 Å². The molecule has 2 fully saturated rings. The molecule has 5 nitrogen and oxygen atoms in total. The number of amides is 2. The number of carbonyl (C=O) groups is 2. The van der Waals surface area contributed by atoms with Crippen LogP contribution < -0.4 is 10.6 Å². The molecule has 0 spiro atoms. The van der Waals surface area contributed by atoms with Crippen LogP contribution in [-0.4, -0.2) is 41.2 Å². The lowest BCUT2D eigenvalue weighted by atomic mass is 10.0. The molecule has 0 aromatic carbocycles. The molecule has 6 heteroatoms. The van der Waals surface area contributed by atoms with E-state index in [0.717, 1.165) is 25.0 Å². The molecule has 0 saturated carbocycles. The van der Waals surface area contributed by atoms with Crippen molar-refractivity contribution in [1.82, 2.24) is 10.6 Å². The van der Waals surface area contributed by atoms with E-state index in [4.69, 9.17) is 4.74 Å². The number of fused-ring (bicyclic) bond motifs is 1. The Morgan fingerprint density at radius 3 is 2.95 bits per heavy atom. The lowest BCUT2D eigenvalue weighted by Gasteiger charge is -2.16. The Hall–Kier alpha value is -0.910. The van der Waals surface area contributed by atoms with Crippen molar-refractivity contribution in [2.24, 2.45) is 0 Å². The highest BCUT2D eigenvalue weighted by molar-refractivity contribution is 8.00. The highest BCUT2D eigenvalue weighted by Gasteiger charge is 2.42. The van der Waals surface area contributed by atoms with Crippen LogP contribution in [0.3, 0.4) is 0 Å². The number of unbranched alkanes of at least 4 members (excludes halogenated alkanes) is 1. The van der Waals surface area contributed by atoms with Crippen molar-refractivity contribution in [3.05, 3.63) is 0 Å². The molecule has 2 aliphatic heterocycles. The van der Waals surface area contributed by atoms with E-state index >= 15 is 0 Å². The average molecular weight is 286 g/mol. The van der Waals surface area contributed by atoms with Gasteiger partial charge in [-0.1, -0.05) is 6.42 Å². The maximum atomic E-state index is 11.4. The summed E-state index contributed by atoms with van der Waals surface area (Å²) in [7, 11) is 0. The third kappa shape index (κ3) is 4.03. The fourth-order valence-corrected chi connectivity index (χ4v) is 4.12. The first-order chi connectivity index (χ1) is 9.06. The Morgan fingerprint density at radius 1 is 1.42 bits per heavy atom. The lowest BCUT2D eigenvalue weighted by Crippen LogP contribution is -2.36. The Morgan fingerprint density at radius 2 is 2.21 bits per heavy atom. The Kier molecular flexibility index (Phi) is 4.96. The van der Waals surface area contributed by atoms with Crippen LogP contribution in [0.25, 0.3) is 0 Å². The van der Waals surface area contributed by atoms with Crippen molar-refractivity contribution in [1.29, 1.82) is 0 Å². The number of esters is 1. The van der Waals surface area contributed by atoms with Crippen LogP contribution in [0.1, 0.15) is 39.5 Å². The average Bonchev–Trinajstić information content (AvgIpc) is 2.83. The number of carbonyl (C=O) groups excluding carboxylic acids is 2. The summed E-state index contributed by atoms with van der Waals surface area (Å²) in [5.41, 5.74) is 0. The van der Waals surface area contributed by atoms with Crippen LogP contribution in [0.15, 0.2) is 0 Å². The van der Waals surface area contributed by atoms with Crippen molar-refractivity contribution in [2.75, 3.05) is 5.75 Å². The van der Waals surface area contributed by atoms with Gasteiger partial charge in [-0.15, -0.1) is 0 Å². The van der Waals surface area contributed by atoms with Gasteiger partial charge in [0.25, 0.3) is 0 Å². The number of hydrogen-bond acceptors (Lipinski definition) is 4. The number of hydrogen-bond donors (Lipinski definition) is 2. The fourth-order valence-electron chi connectivity index (χ4n) is 2.58. The summed E-state index contributed by atoms with van der Waals surface area (Å²) in [4.78, 5) is 22.6. The number of nitrogens with one attached hydrogen (secondary N) is 2. The largest absolute Gasteiger partial charge is 0.463 e. The normalized spacial score (nSPS) is 29.0. The molecular weight excluding hydrogens is 264 g/mol. The summed E-state index contributed by atoms with van der Waals surface area (Å²) in [5.74, 6) is 0.881. The summed E-state index contributed by atoms with van der Waals surface area (Å²) in [6.07, 6.45) is 3.38. The van der Waals surface area contributed by atoms with Gasteiger partial charge in [0.15, 0.2) is 0 Å². The monoisotopic (exact) mass is 286 g/mol. The summed E-state index contributed by atoms with van der Waals surface area (Å²) in [5, 5.41) is 6.39. The van der Waals surface area contributed by atoms with Gasteiger partial charge < -0.3 is 15.4 Å². The molecule has 0 unspecified atom stereocenters. The summed E-state index contributed by atoms with van der Waals surface area (Å²) in [6, 6.07) is 0.509. The zero-order chi connectivity index (χ0) is 13.8. The molecule has 0 aromatic heterocycles. The van der Waals surface area contributed by atoms with Gasteiger partial charge in [-0.05, 0) is 26.7 Å². The second-order valence-corrected chi connectivity index (χ2v) is 6.68. The first-order valence-electron chi connectivity index (χ1n) is 6.94. The van der Waals surface area contributed by atoms with Gasteiger partial charge in [0.2, 0.25) is 0 Å². The van der Waals surface area contributed by atoms with Crippen molar-refractivity contribution >= 4 is 23.8 Å². The molecule has 2 amide bonds. The van der Waals surface area contributed by atoms with Crippen LogP contribution in [0.4, 0.5) is 4.79 Å². The van der Waals surface area contributed by atoms with E-state index in [1.165, 1.54) is 0 Å².